The smallest absolute Gasteiger partial charge is 0.336 e. The molecule has 120 valence electrons. The SMILES string of the molecule is Cc1cc(=O)oc2cc(OC(=O)/C=C/c3ccc(O)cc3)ccc12. The van der Waals surface area contributed by atoms with E-state index in [1.54, 1.807) is 30.3 Å². The summed E-state index contributed by atoms with van der Waals surface area (Å²) in [7, 11) is 0. The molecule has 0 radical (unpaired) electrons. The lowest BCUT2D eigenvalue weighted by molar-refractivity contribution is -0.128. The van der Waals surface area contributed by atoms with Crippen molar-refractivity contribution in [2.45, 2.75) is 6.92 Å². The van der Waals surface area contributed by atoms with Crippen LogP contribution in [0.5, 0.6) is 11.5 Å². The van der Waals surface area contributed by atoms with Crippen LogP contribution in [0.3, 0.4) is 0 Å². The second-order valence-electron chi connectivity index (χ2n) is 5.25. The van der Waals surface area contributed by atoms with Crippen molar-refractivity contribution in [1.82, 2.24) is 0 Å². The Bertz CT molecular complexity index is 981. The van der Waals surface area contributed by atoms with Crippen molar-refractivity contribution in [2.75, 3.05) is 0 Å². The summed E-state index contributed by atoms with van der Waals surface area (Å²) >= 11 is 0. The highest BCUT2D eigenvalue weighted by Crippen LogP contribution is 2.22. The fourth-order valence-electron chi connectivity index (χ4n) is 2.27. The summed E-state index contributed by atoms with van der Waals surface area (Å²) in [6, 6.07) is 12.7. The van der Waals surface area contributed by atoms with Gasteiger partial charge in [0.2, 0.25) is 0 Å². The predicted octanol–water partition coefficient (Wildman–Crippen LogP) is 3.43. The molecular weight excluding hydrogens is 308 g/mol. The normalized spacial score (nSPS) is 11.0. The topological polar surface area (TPSA) is 76.7 Å². The summed E-state index contributed by atoms with van der Waals surface area (Å²) in [6.45, 7) is 1.81. The predicted molar refractivity (Wildman–Crippen MR) is 90.0 cm³/mol. The molecule has 2 aromatic carbocycles. The Balaban J connectivity index is 1.77. The van der Waals surface area contributed by atoms with Gasteiger partial charge < -0.3 is 14.3 Å². The molecular formula is C19H14O5. The maximum absolute atomic E-state index is 11.9. The van der Waals surface area contributed by atoms with E-state index in [0.717, 1.165) is 16.5 Å². The summed E-state index contributed by atoms with van der Waals surface area (Å²) < 4.78 is 10.3. The van der Waals surface area contributed by atoms with Crippen LogP contribution in [-0.2, 0) is 4.79 Å². The number of phenols is 1. The van der Waals surface area contributed by atoms with E-state index in [2.05, 4.69) is 0 Å². The van der Waals surface area contributed by atoms with Gasteiger partial charge in [0.05, 0.1) is 0 Å². The Kier molecular flexibility index (Phi) is 4.16. The number of aryl methyl sites for hydroxylation is 1. The quantitative estimate of drug-likeness (QED) is 0.346. The van der Waals surface area contributed by atoms with Gasteiger partial charge in [-0.3, -0.25) is 0 Å². The number of carbonyl (C=O) groups excluding carboxylic acids is 1. The van der Waals surface area contributed by atoms with Crippen LogP contribution < -0.4 is 10.4 Å². The van der Waals surface area contributed by atoms with Gasteiger partial charge in [-0.15, -0.1) is 0 Å². The van der Waals surface area contributed by atoms with E-state index in [9.17, 15) is 14.7 Å². The number of hydrogen-bond acceptors (Lipinski definition) is 5. The first-order valence-corrected chi connectivity index (χ1v) is 7.25. The zero-order valence-corrected chi connectivity index (χ0v) is 12.9. The third kappa shape index (κ3) is 3.52. The molecule has 0 aliphatic carbocycles. The first-order valence-electron chi connectivity index (χ1n) is 7.25. The lowest BCUT2D eigenvalue weighted by atomic mass is 10.1. The first-order chi connectivity index (χ1) is 11.5. The van der Waals surface area contributed by atoms with Crippen molar-refractivity contribution in [2.24, 2.45) is 0 Å². The number of fused-ring (bicyclic) bond motifs is 1. The molecule has 1 N–H and O–H groups in total. The highest BCUT2D eigenvalue weighted by Gasteiger charge is 2.06. The number of rotatable bonds is 3. The maximum atomic E-state index is 11.9. The molecule has 0 bridgehead atoms. The van der Waals surface area contributed by atoms with Crippen LogP contribution in [0.2, 0.25) is 0 Å². The molecule has 1 heterocycles. The molecule has 0 saturated carbocycles. The molecule has 3 rings (SSSR count). The van der Waals surface area contributed by atoms with Crippen LogP contribution in [0.4, 0.5) is 0 Å². The molecule has 0 aliphatic rings. The van der Waals surface area contributed by atoms with Crippen LogP contribution in [0.1, 0.15) is 11.1 Å². The van der Waals surface area contributed by atoms with E-state index < -0.39 is 11.6 Å². The fourth-order valence-corrected chi connectivity index (χ4v) is 2.27. The highest BCUT2D eigenvalue weighted by atomic mass is 16.5. The molecule has 0 amide bonds. The van der Waals surface area contributed by atoms with Crippen LogP contribution >= 0.6 is 0 Å². The third-order valence-electron chi connectivity index (χ3n) is 3.45. The minimum Gasteiger partial charge on any atom is -0.508 e. The second-order valence-corrected chi connectivity index (χ2v) is 5.25. The molecule has 0 atom stereocenters. The summed E-state index contributed by atoms with van der Waals surface area (Å²) in [5.74, 6) is -0.114. The Morgan fingerprint density at radius 3 is 2.62 bits per heavy atom. The molecule has 24 heavy (non-hydrogen) atoms. The summed E-state index contributed by atoms with van der Waals surface area (Å²) in [6.07, 6.45) is 2.86. The average molecular weight is 322 g/mol. The van der Waals surface area contributed by atoms with Gasteiger partial charge in [0.25, 0.3) is 0 Å². The highest BCUT2D eigenvalue weighted by molar-refractivity contribution is 5.89. The van der Waals surface area contributed by atoms with E-state index in [-0.39, 0.29) is 11.5 Å². The molecule has 0 unspecified atom stereocenters. The van der Waals surface area contributed by atoms with E-state index in [1.807, 2.05) is 6.92 Å². The molecule has 3 aromatic rings. The van der Waals surface area contributed by atoms with Crippen molar-refractivity contribution in [3.63, 3.8) is 0 Å². The zero-order valence-electron chi connectivity index (χ0n) is 12.9. The number of phenolic OH excluding ortho intramolecular Hbond substituents is 1. The van der Waals surface area contributed by atoms with Crippen molar-refractivity contribution in [3.8, 4) is 11.5 Å². The Morgan fingerprint density at radius 2 is 1.88 bits per heavy atom. The molecule has 0 spiro atoms. The van der Waals surface area contributed by atoms with E-state index in [4.69, 9.17) is 9.15 Å². The Labute approximate surface area is 137 Å². The number of benzene rings is 2. The van der Waals surface area contributed by atoms with Gasteiger partial charge in [-0.25, -0.2) is 9.59 Å². The molecule has 5 nitrogen and oxygen atoms in total. The Morgan fingerprint density at radius 1 is 1.12 bits per heavy atom. The molecule has 1 aromatic heterocycles. The van der Waals surface area contributed by atoms with Gasteiger partial charge in [-0.1, -0.05) is 12.1 Å². The number of ether oxygens (including phenoxy) is 1. The molecule has 5 heteroatoms. The zero-order chi connectivity index (χ0) is 17.1. The van der Waals surface area contributed by atoms with Gasteiger partial charge in [0, 0.05) is 23.6 Å². The standard InChI is InChI=1S/C19H14O5/c1-12-10-19(22)24-17-11-15(7-8-16(12)17)23-18(21)9-4-13-2-5-14(20)6-3-13/h2-11,20H,1H3/b9-4+. The monoisotopic (exact) mass is 322 g/mol. The van der Waals surface area contributed by atoms with Crippen LogP contribution in [0.25, 0.3) is 17.0 Å². The van der Waals surface area contributed by atoms with E-state index in [0.29, 0.717) is 5.58 Å². The number of esters is 1. The van der Waals surface area contributed by atoms with Crippen LogP contribution in [0, 0.1) is 6.92 Å². The van der Waals surface area contributed by atoms with Crippen molar-refractivity contribution < 1.29 is 19.1 Å². The summed E-state index contributed by atoms with van der Waals surface area (Å²) in [4.78, 5) is 23.3. The third-order valence-corrected chi connectivity index (χ3v) is 3.45. The van der Waals surface area contributed by atoms with Gasteiger partial charge in [-0.05, 0) is 48.4 Å². The van der Waals surface area contributed by atoms with Crippen molar-refractivity contribution in [1.29, 1.82) is 0 Å². The van der Waals surface area contributed by atoms with Gasteiger partial charge in [0.15, 0.2) is 0 Å². The van der Waals surface area contributed by atoms with Gasteiger partial charge >= 0.3 is 11.6 Å². The van der Waals surface area contributed by atoms with Gasteiger partial charge in [-0.2, -0.15) is 0 Å². The fraction of sp³-hybridized carbons (Fsp3) is 0.0526. The Hall–Kier alpha value is -3.34. The largest absolute Gasteiger partial charge is 0.508 e. The average Bonchev–Trinajstić information content (AvgIpc) is 2.54. The molecule has 0 fully saturated rings. The van der Waals surface area contributed by atoms with E-state index in [1.165, 1.54) is 30.3 Å². The lowest BCUT2D eigenvalue weighted by Crippen LogP contribution is -2.04. The first kappa shape index (κ1) is 15.6. The minimum absolute atomic E-state index is 0.155. The maximum Gasteiger partial charge on any atom is 0.336 e. The van der Waals surface area contributed by atoms with Gasteiger partial charge in [0.1, 0.15) is 17.1 Å². The summed E-state index contributed by atoms with van der Waals surface area (Å²) in [5, 5.41) is 9.99. The van der Waals surface area contributed by atoms with Crippen LogP contribution in [0.15, 0.2) is 63.8 Å². The molecule has 0 saturated heterocycles. The second kappa shape index (κ2) is 6.42. The van der Waals surface area contributed by atoms with E-state index >= 15 is 0 Å². The lowest BCUT2D eigenvalue weighted by Gasteiger charge is -2.04. The number of hydrogen-bond donors (Lipinski definition) is 1. The number of carbonyl (C=O) groups is 1. The minimum atomic E-state index is -0.558. The van der Waals surface area contributed by atoms with Crippen molar-refractivity contribution in [3.05, 3.63) is 76.2 Å². The summed E-state index contributed by atoms with van der Waals surface area (Å²) in [5.41, 5.74) is 1.47. The van der Waals surface area contributed by atoms with Crippen LogP contribution in [-0.4, -0.2) is 11.1 Å². The number of aromatic hydroxyl groups is 1. The molecule has 0 aliphatic heterocycles. The van der Waals surface area contributed by atoms with Crippen molar-refractivity contribution >= 4 is 23.0 Å².